The molecule has 1 atom stereocenters. The smallest absolute Gasteiger partial charge is 0.355 e. The number of nitrogens with zero attached hydrogens (tertiary/aromatic N) is 2. The predicted molar refractivity (Wildman–Crippen MR) is 102 cm³/mol. The summed E-state index contributed by atoms with van der Waals surface area (Å²) in [7, 11) is 0. The van der Waals surface area contributed by atoms with Gasteiger partial charge in [0.2, 0.25) is 5.91 Å². The van der Waals surface area contributed by atoms with Crippen LogP contribution in [0.5, 0.6) is 0 Å². The maximum Gasteiger partial charge on any atom is 0.355 e. The van der Waals surface area contributed by atoms with Crippen LogP contribution in [0.25, 0.3) is 0 Å². The van der Waals surface area contributed by atoms with Gasteiger partial charge in [-0.3, -0.25) is 9.59 Å². The number of Topliss-reactive ketones (excluding diaryl/α,β-unsaturated/α-hetero) is 1. The van der Waals surface area contributed by atoms with E-state index < -0.39 is 12.0 Å². The van der Waals surface area contributed by atoms with Gasteiger partial charge in [-0.2, -0.15) is 0 Å². The first-order chi connectivity index (χ1) is 12.1. The van der Waals surface area contributed by atoms with E-state index in [1.807, 2.05) is 32.3 Å². The highest BCUT2D eigenvalue weighted by Crippen LogP contribution is 2.26. The molecule has 0 radical (unpaired) electrons. The highest BCUT2D eigenvalue weighted by Gasteiger charge is 2.33. The van der Waals surface area contributed by atoms with Gasteiger partial charge in [-0.1, -0.05) is 6.92 Å². The van der Waals surface area contributed by atoms with Crippen LogP contribution in [-0.2, 0) is 16.1 Å². The summed E-state index contributed by atoms with van der Waals surface area (Å²) >= 11 is 0. The summed E-state index contributed by atoms with van der Waals surface area (Å²) in [4.78, 5) is 39.6. The van der Waals surface area contributed by atoms with Gasteiger partial charge in [-0.15, -0.1) is 0 Å². The van der Waals surface area contributed by atoms with Crippen molar-refractivity contribution in [3.8, 4) is 0 Å². The maximum absolute atomic E-state index is 13.3. The molecule has 0 aliphatic heterocycles. The number of hydrogen-bond donors (Lipinski definition) is 0. The molecule has 1 aromatic rings. The van der Waals surface area contributed by atoms with Crippen molar-refractivity contribution in [1.82, 2.24) is 9.47 Å². The minimum absolute atomic E-state index is 0.0586. The van der Waals surface area contributed by atoms with Crippen LogP contribution in [0.15, 0.2) is 0 Å². The highest BCUT2D eigenvalue weighted by atomic mass is 16.5. The molecule has 0 spiro atoms. The van der Waals surface area contributed by atoms with Gasteiger partial charge in [0, 0.05) is 30.3 Å². The fourth-order valence-electron chi connectivity index (χ4n) is 3.58. The first-order valence-corrected chi connectivity index (χ1v) is 9.35. The molecular formula is C20H32N2O4. The molecule has 0 N–H and O–H groups in total. The Morgan fingerprint density at radius 1 is 1.08 bits per heavy atom. The Hall–Kier alpha value is -2.11. The van der Waals surface area contributed by atoms with E-state index >= 15 is 0 Å². The van der Waals surface area contributed by atoms with Crippen molar-refractivity contribution in [3.05, 3.63) is 22.5 Å². The van der Waals surface area contributed by atoms with Crippen molar-refractivity contribution < 1.29 is 19.1 Å². The quantitative estimate of drug-likeness (QED) is 0.523. The summed E-state index contributed by atoms with van der Waals surface area (Å²) in [5, 5.41) is 0. The van der Waals surface area contributed by atoms with Gasteiger partial charge in [-0.25, -0.2) is 4.79 Å². The number of hydrogen-bond acceptors (Lipinski definition) is 4. The van der Waals surface area contributed by atoms with Crippen LogP contribution in [0.2, 0.25) is 0 Å². The van der Waals surface area contributed by atoms with Crippen molar-refractivity contribution in [2.75, 3.05) is 6.61 Å². The molecule has 26 heavy (non-hydrogen) atoms. The first kappa shape index (κ1) is 21.9. The zero-order chi connectivity index (χ0) is 20.2. The molecule has 1 heterocycles. The number of esters is 1. The van der Waals surface area contributed by atoms with E-state index in [2.05, 4.69) is 0 Å². The van der Waals surface area contributed by atoms with E-state index in [0.717, 1.165) is 5.69 Å². The van der Waals surface area contributed by atoms with Crippen LogP contribution in [0.3, 0.4) is 0 Å². The summed E-state index contributed by atoms with van der Waals surface area (Å²) in [6.07, 6.45) is 0.345. The van der Waals surface area contributed by atoms with Crippen LogP contribution in [0.1, 0.15) is 80.1 Å². The minimum Gasteiger partial charge on any atom is -0.461 e. The molecule has 1 unspecified atom stereocenters. The number of carbonyl (C=O) groups excluding carboxylic acids is 3. The molecule has 0 aliphatic rings. The van der Waals surface area contributed by atoms with E-state index in [0.29, 0.717) is 29.8 Å². The Labute approximate surface area is 156 Å². The molecule has 0 saturated carbocycles. The van der Waals surface area contributed by atoms with Crippen LogP contribution in [-0.4, -0.2) is 45.8 Å². The molecule has 6 heteroatoms. The van der Waals surface area contributed by atoms with Gasteiger partial charge in [0.15, 0.2) is 5.78 Å². The predicted octanol–water partition coefficient (Wildman–Crippen LogP) is 3.52. The lowest BCUT2D eigenvalue weighted by atomic mass is 9.99. The zero-order valence-corrected chi connectivity index (χ0v) is 17.3. The van der Waals surface area contributed by atoms with Gasteiger partial charge in [-0.05, 0) is 54.0 Å². The lowest BCUT2D eigenvalue weighted by Gasteiger charge is -2.32. The van der Waals surface area contributed by atoms with Gasteiger partial charge in [0.25, 0.3) is 0 Å². The number of amides is 1. The summed E-state index contributed by atoms with van der Waals surface area (Å²) < 4.78 is 6.98. The highest BCUT2D eigenvalue weighted by molar-refractivity contribution is 6.06. The number of carbonyl (C=O) groups is 3. The molecule has 0 saturated heterocycles. The Bertz CT molecular complexity index is 688. The summed E-state index contributed by atoms with van der Waals surface area (Å²) in [6.45, 7) is 15.5. The number of ketones is 1. The Morgan fingerprint density at radius 3 is 2.08 bits per heavy atom. The summed E-state index contributed by atoms with van der Waals surface area (Å²) in [5.41, 5.74) is 2.28. The average molecular weight is 364 g/mol. The Kier molecular flexibility index (Phi) is 7.60. The van der Waals surface area contributed by atoms with Crippen molar-refractivity contribution in [2.24, 2.45) is 0 Å². The van der Waals surface area contributed by atoms with Gasteiger partial charge in [0.1, 0.15) is 5.69 Å². The van der Waals surface area contributed by atoms with Gasteiger partial charge < -0.3 is 14.2 Å². The zero-order valence-electron chi connectivity index (χ0n) is 17.3. The van der Waals surface area contributed by atoms with Crippen molar-refractivity contribution >= 4 is 17.7 Å². The first-order valence-electron chi connectivity index (χ1n) is 9.35. The summed E-state index contributed by atoms with van der Waals surface area (Å²) in [6, 6.07) is -0.678. The molecule has 1 amide bonds. The number of aromatic nitrogens is 1. The third-order valence-electron chi connectivity index (χ3n) is 4.74. The van der Waals surface area contributed by atoms with Crippen LogP contribution in [0, 0.1) is 13.8 Å². The molecule has 6 nitrogen and oxygen atoms in total. The monoisotopic (exact) mass is 364 g/mol. The normalized spacial score (nSPS) is 12.2. The lowest BCUT2D eigenvalue weighted by molar-refractivity contribution is -0.133. The van der Waals surface area contributed by atoms with E-state index in [4.69, 9.17) is 4.74 Å². The third kappa shape index (κ3) is 4.00. The van der Waals surface area contributed by atoms with Crippen molar-refractivity contribution in [3.63, 3.8) is 0 Å². The molecule has 0 aromatic carbocycles. The second-order valence-electron chi connectivity index (χ2n) is 6.69. The van der Waals surface area contributed by atoms with E-state index in [1.165, 1.54) is 0 Å². The third-order valence-corrected chi connectivity index (χ3v) is 4.74. The second-order valence-corrected chi connectivity index (χ2v) is 6.69. The molecule has 0 bridgehead atoms. The molecule has 1 aromatic heterocycles. The van der Waals surface area contributed by atoms with E-state index in [9.17, 15) is 14.4 Å². The van der Waals surface area contributed by atoms with Crippen LogP contribution in [0.4, 0.5) is 0 Å². The second kappa shape index (κ2) is 9.01. The average Bonchev–Trinajstić information content (AvgIpc) is 2.83. The largest absolute Gasteiger partial charge is 0.461 e. The minimum atomic E-state index is -0.595. The SMILES string of the molecule is CCOC(=O)c1c(C)c(C(=O)C(C)N(C(=O)CC)C(C)C)c(C)n1CC. The topological polar surface area (TPSA) is 68.6 Å². The number of ether oxygens (including phenoxy) is 1. The van der Waals surface area contributed by atoms with E-state index in [1.54, 1.807) is 32.6 Å². The van der Waals surface area contributed by atoms with Gasteiger partial charge >= 0.3 is 5.97 Å². The Morgan fingerprint density at radius 2 is 1.65 bits per heavy atom. The molecule has 1 rings (SSSR count). The fraction of sp³-hybridized carbons (Fsp3) is 0.650. The van der Waals surface area contributed by atoms with Gasteiger partial charge in [0.05, 0.1) is 12.6 Å². The molecular weight excluding hydrogens is 332 g/mol. The van der Waals surface area contributed by atoms with Crippen molar-refractivity contribution in [1.29, 1.82) is 0 Å². The lowest BCUT2D eigenvalue weighted by Crippen LogP contribution is -2.47. The number of rotatable bonds is 8. The van der Waals surface area contributed by atoms with Crippen LogP contribution >= 0.6 is 0 Å². The molecule has 0 fully saturated rings. The molecule has 146 valence electrons. The van der Waals surface area contributed by atoms with E-state index in [-0.39, 0.29) is 24.3 Å². The summed E-state index contributed by atoms with van der Waals surface area (Å²) in [5.74, 6) is -0.628. The standard InChI is InChI=1S/C20H32N2O4/c1-9-16(23)22(12(4)5)15(8)19(24)17-13(6)18(20(25)26-11-3)21(10-2)14(17)7/h12,15H,9-11H2,1-8H3. The van der Waals surface area contributed by atoms with Crippen molar-refractivity contribution in [2.45, 2.75) is 80.4 Å². The van der Waals surface area contributed by atoms with Crippen LogP contribution < -0.4 is 0 Å². The Balaban J connectivity index is 3.44. The maximum atomic E-state index is 13.3. The fourth-order valence-corrected chi connectivity index (χ4v) is 3.58. The molecule has 0 aliphatic carbocycles.